The molecule has 0 atom stereocenters. The van der Waals surface area contributed by atoms with Crippen molar-refractivity contribution in [1.82, 2.24) is 25.2 Å². The summed E-state index contributed by atoms with van der Waals surface area (Å²) in [7, 11) is 0. The first-order valence-electron chi connectivity index (χ1n) is 8.22. The number of carbonyl (C=O) groups is 1. The minimum absolute atomic E-state index is 0.0459. The van der Waals surface area contributed by atoms with Crippen LogP contribution < -0.4 is 5.32 Å². The summed E-state index contributed by atoms with van der Waals surface area (Å²) in [6, 6.07) is 6.09. The zero-order valence-electron chi connectivity index (χ0n) is 13.7. The smallest absolute Gasteiger partial charge is 0.317 e. The average Bonchev–Trinajstić information content (AvgIpc) is 3.13. The molecular formula is C16H20N6O3. The van der Waals surface area contributed by atoms with Crippen LogP contribution in [0.5, 0.6) is 0 Å². The number of hydrogen-bond donors (Lipinski definition) is 1. The van der Waals surface area contributed by atoms with Crippen LogP contribution in [0.25, 0.3) is 0 Å². The number of hydrogen-bond acceptors (Lipinski definition) is 5. The van der Waals surface area contributed by atoms with E-state index >= 15 is 0 Å². The Morgan fingerprint density at radius 1 is 1.28 bits per heavy atom. The van der Waals surface area contributed by atoms with Crippen molar-refractivity contribution in [2.24, 2.45) is 5.92 Å². The fourth-order valence-electron chi connectivity index (χ4n) is 2.94. The lowest BCUT2D eigenvalue weighted by atomic mass is 9.97. The standard InChI is InChI=1S/C16H20N6O3/c23-16(17-11-13-1-3-15(4-2-13)22(24)25)20-8-5-14(6-9-20)12-21-10-7-18-19-21/h1-4,7,10,14H,5-6,8-9,11-12H2,(H,17,23). The summed E-state index contributed by atoms with van der Waals surface area (Å²) in [6.07, 6.45) is 5.39. The second kappa shape index (κ2) is 7.73. The van der Waals surface area contributed by atoms with Gasteiger partial charge in [0.1, 0.15) is 0 Å². The highest BCUT2D eigenvalue weighted by molar-refractivity contribution is 5.74. The molecule has 9 nitrogen and oxygen atoms in total. The fourth-order valence-corrected chi connectivity index (χ4v) is 2.94. The molecule has 1 fully saturated rings. The Kier molecular flexibility index (Phi) is 5.22. The van der Waals surface area contributed by atoms with Crippen molar-refractivity contribution < 1.29 is 9.72 Å². The van der Waals surface area contributed by atoms with Crippen LogP contribution in [0.3, 0.4) is 0 Å². The molecule has 3 rings (SSSR count). The minimum atomic E-state index is -0.439. The lowest BCUT2D eigenvalue weighted by Crippen LogP contribution is -2.44. The third-order valence-corrected chi connectivity index (χ3v) is 4.41. The summed E-state index contributed by atoms with van der Waals surface area (Å²) < 4.78 is 1.83. The maximum Gasteiger partial charge on any atom is 0.317 e. The molecule has 132 valence electrons. The van der Waals surface area contributed by atoms with Crippen molar-refractivity contribution >= 4 is 11.7 Å². The van der Waals surface area contributed by atoms with Crippen LogP contribution in [0.4, 0.5) is 10.5 Å². The van der Waals surface area contributed by atoms with Crippen LogP contribution in [0.15, 0.2) is 36.7 Å². The molecule has 0 bridgehead atoms. The number of nitrogens with one attached hydrogen (secondary N) is 1. The summed E-state index contributed by atoms with van der Waals surface area (Å²) in [6.45, 7) is 2.62. The summed E-state index contributed by atoms with van der Waals surface area (Å²) in [5.74, 6) is 0.500. The molecule has 2 heterocycles. The molecule has 1 saturated heterocycles. The van der Waals surface area contributed by atoms with E-state index in [4.69, 9.17) is 0 Å². The number of nitrogens with zero attached hydrogens (tertiary/aromatic N) is 5. The summed E-state index contributed by atoms with van der Waals surface area (Å²) >= 11 is 0. The van der Waals surface area contributed by atoms with Crippen LogP contribution in [-0.4, -0.2) is 43.9 Å². The zero-order chi connectivity index (χ0) is 17.6. The molecule has 0 unspecified atom stereocenters. The highest BCUT2D eigenvalue weighted by atomic mass is 16.6. The first-order chi connectivity index (χ1) is 12.1. The van der Waals surface area contributed by atoms with Gasteiger partial charge in [0.05, 0.1) is 11.1 Å². The lowest BCUT2D eigenvalue weighted by Gasteiger charge is -2.31. The largest absolute Gasteiger partial charge is 0.334 e. The number of nitro groups is 1. The Morgan fingerprint density at radius 2 is 2.00 bits per heavy atom. The Hall–Kier alpha value is -2.97. The Labute approximate surface area is 144 Å². The number of likely N-dealkylation sites (tertiary alicyclic amines) is 1. The first-order valence-corrected chi connectivity index (χ1v) is 8.22. The highest BCUT2D eigenvalue weighted by Gasteiger charge is 2.23. The zero-order valence-corrected chi connectivity index (χ0v) is 13.7. The Balaban J connectivity index is 1.42. The van der Waals surface area contributed by atoms with E-state index < -0.39 is 4.92 Å². The third-order valence-electron chi connectivity index (χ3n) is 4.41. The normalized spacial score (nSPS) is 15.1. The molecule has 1 N–H and O–H groups in total. The minimum Gasteiger partial charge on any atom is -0.334 e. The monoisotopic (exact) mass is 344 g/mol. The van der Waals surface area contributed by atoms with Crippen LogP contribution in [-0.2, 0) is 13.1 Å². The number of rotatable bonds is 5. The van der Waals surface area contributed by atoms with Crippen molar-refractivity contribution in [3.63, 3.8) is 0 Å². The molecule has 0 aliphatic carbocycles. The van der Waals surface area contributed by atoms with Gasteiger partial charge in [-0.25, -0.2) is 4.79 Å². The van der Waals surface area contributed by atoms with Gasteiger partial charge in [0.2, 0.25) is 0 Å². The van der Waals surface area contributed by atoms with Crippen LogP contribution >= 0.6 is 0 Å². The van der Waals surface area contributed by atoms with E-state index in [1.54, 1.807) is 18.3 Å². The maximum absolute atomic E-state index is 12.2. The van der Waals surface area contributed by atoms with Gasteiger partial charge in [-0.3, -0.25) is 14.8 Å². The van der Waals surface area contributed by atoms with Gasteiger partial charge in [0.15, 0.2) is 0 Å². The second-order valence-electron chi connectivity index (χ2n) is 6.14. The highest BCUT2D eigenvalue weighted by Crippen LogP contribution is 2.19. The average molecular weight is 344 g/mol. The number of carbonyl (C=O) groups excluding carboxylic acids is 1. The maximum atomic E-state index is 12.2. The number of benzene rings is 1. The molecule has 25 heavy (non-hydrogen) atoms. The number of nitro benzene ring substituents is 1. The van der Waals surface area contributed by atoms with Crippen molar-refractivity contribution in [2.75, 3.05) is 13.1 Å². The number of aromatic nitrogens is 3. The van der Waals surface area contributed by atoms with E-state index in [0.29, 0.717) is 25.6 Å². The molecule has 1 aliphatic heterocycles. The van der Waals surface area contributed by atoms with Crippen LogP contribution in [0, 0.1) is 16.0 Å². The molecule has 1 aromatic carbocycles. The van der Waals surface area contributed by atoms with Gasteiger partial charge in [0.25, 0.3) is 5.69 Å². The van der Waals surface area contributed by atoms with E-state index in [2.05, 4.69) is 15.6 Å². The number of amides is 2. The first kappa shape index (κ1) is 16.9. The SMILES string of the molecule is O=C(NCc1ccc([N+](=O)[O-])cc1)N1CCC(Cn2ccnn2)CC1. The van der Waals surface area contributed by atoms with Gasteiger partial charge in [-0.1, -0.05) is 17.3 Å². The van der Waals surface area contributed by atoms with Crippen LogP contribution in [0.1, 0.15) is 18.4 Å². The van der Waals surface area contributed by atoms with Crippen molar-refractivity contribution in [3.8, 4) is 0 Å². The van der Waals surface area contributed by atoms with Gasteiger partial charge in [-0.2, -0.15) is 0 Å². The molecule has 2 aromatic rings. The van der Waals surface area contributed by atoms with Gasteiger partial charge in [0, 0.05) is 44.5 Å². The molecule has 9 heteroatoms. The van der Waals surface area contributed by atoms with Crippen LogP contribution in [0.2, 0.25) is 0 Å². The molecule has 0 saturated carbocycles. The third kappa shape index (κ3) is 4.52. The summed E-state index contributed by atoms with van der Waals surface area (Å²) in [5.41, 5.74) is 0.879. The van der Waals surface area contributed by atoms with Gasteiger partial charge in [-0.15, -0.1) is 5.10 Å². The molecular weight excluding hydrogens is 324 g/mol. The molecule has 0 radical (unpaired) electrons. The number of piperidine rings is 1. The van der Waals surface area contributed by atoms with E-state index in [1.807, 2.05) is 15.8 Å². The predicted octanol–water partition coefficient (Wildman–Crippen LogP) is 1.81. The van der Waals surface area contributed by atoms with Gasteiger partial charge < -0.3 is 10.2 Å². The number of non-ortho nitro benzene ring substituents is 1. The van der Waals surface area contributed by atoms with Gasteiger partial charge >= 0.3 is 6.03 Å². The Morgan fingerprint density at radius 3 is 2.60 bits per heavy atom. The van der Waals surface area contributed by atoms with Crippen molar-refractivity contribution in [3.05, 3.63) is 52.3 Å². The van der Waals surface area contributed by atoms with E-state index in [0.717, 1.165) is 24.9 Å². The van der Waals surface area contributed by atoms with Crippen molar-refractivity contribution in [1.29, 1.82) is 0 Å². The predicted molar refractivity (Wildman–Crippen MR) is 89.7 cm³/mol. The van der Waals surface area contributed by atoms with E-state index in [-0.39, 0.29) is 11.7 Å². The van der Waals surface area contributed by atoms with Crippen molar-refractivity contribution in [2.45, 2.75) is 25.9 Å². The second-order valence-corrected chi connectivity index (χ2v) is 6.14. The molecule has 1 aliphatic rings. The van der Waals surface area contributed by atoms with Gasteiger partial charge in [-0.05, 0) is 24.3 Å². The molecule has 1 aromatic heterocycles. The molecule has 2 amide bonds. The summed E-state index contributed by atoms with van der Waals surface area (Å²) in [4.78, 5) is 24.3. The fraction of sp³-hybridized carbons (Fsp3) is 0.438. The van der Waals surface area contributed by atoms with E-state index in [9.17, 15) is 14.9 Å². The Bertz CT molecular complexity index is 708. The quantitative estimate of drug-likeness (QED) is 0.657. The lowest BCUT2D eigenvalue weighted by molar-refractivity contribution is -0.384. The number of urea groups is 1. The van der Waals surface area contributed by atoms with E-state index in [1.165, 1.54) is 12.1 Å². The summed E-state index contributed by atoms with van der Waals surface area (Å²) in [5, 5.41) is 21.3. The topological polar surface area (TPSA) is 106 Å². The molecule has 0 spiro atoms.